The molecule has 96 valence electrons. The number of carbonyl (C=O) groups excluding carboxylic acids is 3. The lowest BCUT2D eigenvalue weighted by atomic mass is 10.1. The highest BCUT2D eigenvalue weighted by atomic mass is 16.4. The maximum Gasteiger partial charge on any atom is 0.326 e. The van der Waals surface area contributed by atoms with Gasteiger partial charge in [0.15, 0.2) is 0 Å². The molecule has 0 fully saturated rings. The van der Waals surface area contributed by atoms with E-state index in [1.54, 1.807) is 0 Å². The van der Waals surface area contributed by atoms with Gasteiger partial charge in [-0.05, 0) is 13.3 Å². The van der Waals surface area contributed by atoms with Gasteiger partial charge in [0, 0.05) is 6.42 Å². The van der Waals surface area contributed by atoms with Gasteiger partial charge in [0.25, 0.3) is 0 Å². The number of aliphatic carboxylic acids is 1. The minimum Gasteiger partial charge on any atom is -0.480 e. The molecule has 0 bridgehead atoms. The molecule has 8 nitrogen and oxygen atoms in total. The molecular formula is C9H15N3O5. The van der Waals surface area contributed by atoms with E-state index in [0.29, 0.717) is 6.41 Å². The summed E-state index contributed by atoms with van der Waals surface area (Å²) in [7, 11) is 0. The maximum atomic E-state index is 11.4. The van der Waals surface area contributed by atoms with Crippen LogP contribution in [0.15, 0.2) is 0 Å². The summed E-state index contributed by atoms with van der Waals surface area (Å²) >= 11 is 0. The van der Waals surface area contributed by atoms with Crippen LogP contribution in [0.2, 0.25) is 0 Å². The molecule has 0 aliphatic heterocycles. The Morgan fingerprint density at radius 3 is 2.41 bits per heavy atom. The Balaban J connectivity index is 4.33. The summed E-state index contributed by atoms with van der Waals surface area (Å²) in [6, 6.07) is -2.05. The van der Waals surface area contributed by atoms with Crippen molar-refractivity contribution in [1.29, 1.82) is 0 Å². The lowest BCUT2D eigenvalue weighted by Crippen LogP contribution is -2.49. The van der Waals surface area contributed by atoms with E-state index in [1.165, 1.54) is 6.92 Å². The minimum absolute atomic E-state index is 0.0930. The van der Waals surface area contributed by atoms with Crippen LogP contribution < -0.4 is 16.4 Å². The third kappa shape index (κ3) is 6.13. The lowest BCUT2D eigenvalue weighted by Gasteiger charge is -2.16. The number of nitrogens with one attached hydrogen (secondary N) is 2. The molecule has 3 amide bonds. The average molecular weight is 245 g/mol. The fourth-order valence-electron chi connectivity index (χ4n) is 1.02. The number of carbonyl (C=O) groups is 4. The first-order valence-corrected chi connectivity index (χ1v) is 4.89. The Morgan fingerprint density at radius 1 is 1.41 bits per heavy atom. The number of hydrogen-bond acceptors (Lipinski definition) is 4. The molecule has 8 heteroatoms. The van der Waals surface area contributed by atoms with Gasteiger partial charge < -0.3 is 21.5 Å². The fourth-order valence-corrected chi connectivity index (χ4v) is 1.02. The van der Waals surface area contributed by atoms with Gasteiger partial charge in [-0.1, -0.05) is 0 Å². The molecule has 0 radical (unpaired) electrons. The van der Waals surface area contributed by atoms with Crippen molar-refractivity contribution in [2.75, 3.05) is 0 Å². The quantitative estimate of drug-likeness (QED) is 0.365. The summed E-state index contributed by atoms with van der Waals surface area (Å²) in [5.41, 5.74) is 4.88. The predicted molar refractivity (Wildman–Crippen MR) is 56.7 cm³/mol. The number of hydrogen-bond donors (Lipinski definition) is 4. The first-order valence-electron chi connectivity index (χ1n) is 4.89. The standard InChI is InChI=1S/C9H15N3O5/c1-5(11-4-13)8(15)12-6(9(16)17)2-3-7(10)14/h4-6H,2-3H2,1H3,(H2,10,14)(H,11,13)(H,12,15)(H,16,17)/t5-,6-/m0/s1. The molecule has 2 atom stereocenters. The van der Waals surface area contributed by atoms with Crippen LogP contribution in [0.5, 0.6) is 0 Å². The van der Waals surface area contributed by atoms with Crippen LogP contribution in [0.1, 0.15) is 19.8 Å². The molecule has 0 aliphatic rings. The Hall–Kier alpha value is -2.12. The molecule has 5 N–H and O–H groups in total. The van der Waals surface area contributed by atoms with Crippen molar-refractivity contribution in [3.05, 3.63) is 0 Å². The second-order valence-electron chi connectivity index (χ2n) is 3.41. The minimum atomic E-state index is -1.27. The number of nitrogens with two attached hydrogens (primary N) is 1. The number of carboxylic acids is 1. The molecule has 0 aromatic heterocycles. The third-order valence-corrected chi connectivity index (χ3v) is 2.01. The van der Waals surface area contributed by atoms with Gasteiger partial charge in [-0.3, -0.25) is 14.4 Å². The highest BCUT2D eigenvalue weighted by Gasteiger charge is 2.22. The first kappa shape index (κ1) is 14.9. The number of primary amides is 1. The number of amides is 3. The summed E-state index contributed by atoms with van der Waals surface area (Å²) in [5, 5.41) is 13.2. The van der Waals surface area contributed by atoms with Crippen LogP contribution in [0.4, 0.5) is 0 Å². The van der Waals surface area contributed by atoms with Crippen molar-refractivity contribution in [2.24, 2.45) is 5.73 Å². The van der Waals surface area contributed by atoms with Crippen LogP contribution in [-0.2, 0) is 19.2 Å². The predicted octanol–water partition coefficient (Wildman–Crippen LogP) is -2.04. The third-order valence-electron chi connectivity index (χ3n) is 2.01. The van der Waals surface area contributed by atoms with Crippen molar-refractivity contribution in [1.82, 2.24) is 10.6 Å². The summed E-state index contributed by atoms with van der Waals surface area (Å²) in [5.74, 6) is -2.56. The summed E-state index contributed by atoms with van der Waals surface area (Å²) < 4.78 is 0. The molecule has 0 aromatic rings. The van der Waals surface area contributed by atoms with Gasteiger partial charge in [-0.25, -0.2) is 4.79 Å². The van der Waals surface area contributed by atoms with Gasteiger partial charge >= 0.3 is 5.97 Å². The van der Waals surface area contributed by atoms with Gasteiger partial charge in [0.2, 0.25) is 18.2 Å². The molecule has 0 saturated carbocycles. The van der Waals surface area contributed by atoms with Crippen molar-refractivity contribution < 1.29 is 24.3 Å². The van der Waals surface area contributed by atoms with E-state index in [0.717, 1.165) is 0 Å². The molecule has 0 rings (SSSR count). The molecule has 0 aliphatic carbocycles. The lowest BCUT2D eigenvalue weighted by molar-refractivity contribution is -0.142. The Bertz CT molecular complexity index is 318. The molecule has 0 unspecified atom stereocenters. The molecular weight excluding hydrogens is 230 g/mol. The van der Waals surface area contributed by atoms with E-state index in [1.807, 2.05) is 0 Å². The molecule has 17 heavy (non-hydrogen) atoms. The Labute approximate surface area is 97.5 Å². The SMILES string of the molecule is C[C@H](NC=O)C(=O)N[C@@H](CCC(N)=O)C(=O)O. The highest BCUT2D eigenvalue weighted by Crippen LogP contribution is 1.98. The van der Waals surface area contributed by atoms with Crippen LogP contribution in [0.25, 0.3) is 0 Å². The van der Waals surface area contributed by atoms with Crippen LogP contribution in [-0.4, -0.2) is 41.4 Å². The molecule has 0 aromatic carbocycles. The van der Waals surface area contributed by atoms with E-state index in [-0.39, 0.29) is 12.8 Å². The molecule has 0 saturated heterocycles. The normalized spacial score (nSPS) is 13.2. The summed E-state index contributed by atoms with van der Waals surface area (Å²) in [6.45, 7) is 1.40. The highest BCUT2D eigenvalue weighted by molar-refractivity contribution is 5.88. The largest absolute Gasteiger partial charge is 0.480 e. The van der Waals surface area contributed by atoms with Crippen molar-refractivity contribution in [3.8, 4) is 0 Å². The van der Waals surface area contributed by atoms with E-state index in [2.05, 4.69) is 10.6 Å². The average Bonchev–Trinajstić information content (AvgIpc) is 2.23. The summed E-state index contributed by atoms with van der Waals surface area (Å²) in [4.78, 5) is 42.7. The number of carboxylic acid groups (broad SMARTS) is 1. The van der Waals surface area contributed by atoms with Gasteiger partial charge in [-0.2, -0.15) is 0 Å². The Morgan fingerprint density at radius 2 is 2.00 bits per heavy atom. The van der Waals surface area contributed by atoms with E-state index < -0.39 is 29.9 Å². The second kappa shape index (κ2) is 7.20. The van der Waals surface area contributed by atoms with E-state index in [9.17, 15) is 19.2 Å². The van der Waals surface area contributed by atoms with Crippen molar-refractivity contribution in [2.45, 2.75) is 31.8 Å². The van der Waals surface area contributed by atoms with Gasteiger partial charge in [-0.15, -0.1) is 0 Å². The van der Waals surface area contributed by atoms with Crippen LogP contribution in [0, 0.1) is 0 Å². The van der Waals surface area contributed by atoms with Crippen molar-refractivity contribution >= 4 is 24.2 Å². The zero-order chi connectivity index (χ0) is 13.4. The smallest absolute Gasteiger partial charge is 0.326 e. The van der Waals surface area contributed by atoms with Gasteiger partial charge in [0.05, 0.1) is 0 Å². The maximum absolute atomic E-state index is 11.4. The zero-order valence-electron chi connectivity index (χ0n) is 9.30. The van der Waals surface area contributed by atoms with E-state index >= 15 is 0 Å². The fraction of sp³-hybridized carbons (Fsp3) is 0.556. The Kier molecular flexibility index (Phi) is 6.30. The monoisotopic (exact) mass is 245 g/mol. The first-order chi connectivity index (χ1) is 7.88. The van der Waals surface area contributed by atoms with Crippen LogP contribution >= 0.6 is 0 Å². The van der Waals surface area contributed by atoms with Crippen molar-refractivity contribution in [3.63, 3.8) is 0 Å². The van der Waals surface area contributed by atoms with Crippen LogP contribution in [0.3, 0.4) is 0 Å². The molecule has 0 spiro atoms. The zero-order valence-corrected chi connectivity index (χ0v) is 9.30. The van der Waals surface area contributed by atoms with E-state index in [4.69, 9.17) is 10.8 Å². The summed E-state index contributed by atoms with van der Waals surface area (Å²) in [6.07, 6.45) is 0.0976. The second-order valence-corrected chi connectivity index (χ2v) is 3.41. The number of rotatable bonds is 8. The topological polar surface area (TPSA) is 139 Å². The molecule has 0 heterocycles. The van der Waals surface area contributed by atoms with Gasteiger partial charge in [0.1, 0.15) is 12.1 Å².